The molecule has 0 atom stereocenters. The van der Waals surface area contributed by atoms with Crippen molar-refractivity contribution in [3.63, 3.8) is 0 Å². The molecule has 1 aromatic rings. The van der Waals surface area contributed by atoms with Crippen molar-refractivity contribution < 1.29 is 9.90 Å². The summed E-state index contributed by atoms with van der Waals surface area (Å²) in [5.74, 6) is -0.153. The number of hydrogen-bond acceptors (Lipinski definition) is 2. The lowest BCUT2D eigenvalue weighted by Crippen LogP contribution is -2.37. The molecule has 0 aliphatic heterocycles. The second kappa shape index (κ2) is 7.53. The van der Waals surface area contributed by atoms with Crippen molar-refractivity contribution in [3.05, 3.63) is 39.9 Å². The summed E-state index contributed by atoms with van der Waals surface area (Å²) in [6.45, 7) is 4.06. The largest absolute Gasteiger partial charge is 0.395 e. The molecule has 1 rings (SSSR count). The molecule has 0 saturated carbocycles. The number of rotatable bonds is 5. The summed E-state index contributed by atoms with van der Waals surface area (Å²) in [7, 11) is 0. The second-order valence-corrected chi connectivity index (χ2v) is 5.26. The fourth-order valence-electron chi connectivity index (χ4n) is 1.67. The van der Waals surface area contributed by atoms with E-state index in [0.29, 0.717) is 16.6 Å². The van der Waals surface area contributed by atoms with Crippen LogP contribution < -0.4 is 0 Å². The van der Waals surface area contributed by atoms with E-state index < -0.39 is 0 Å². The molecule has 1 aromatic carbocycles. The van der Waals surface area contributed by atoms with Gasteiger partial charge in [-0.1, -0.05) is 23.2 Å². The summed E-state index contributed by atoms with van der Waals surface area (Å²) in [6.07, 6.45) is 3.12. The Bertz CT molecular complexity index is 452. The Kier molecular flexibility index (Phi) is 6.35. The number of carbonyl (C=O) groups excluding carboxylic acids is 1. The smallest absolute Gasteiger partial charge is 0.246 e. The number of carbonyl (C=O) groups is 1. The zero-order valence-electron chi connectivity index (χ0n) is 10.9. The van der Waals surface area contributed by atoms with Crippen LogP contribution in [0.4, 0.5) is 0 Å². The van der Waals surface area contributed by atoms with Gasteiger partial charge in [0.05, 0.1) is 6.61 Å². The zero-order valence-corrected chi connectivity index (χ0v) is 12.4. The third kappa shape index (κ3) is 5.23. The molecule has 0 aliphatic carbocycles. The molecular formula is C14H17Cl2NO2. The number of aliphatic hydroxyl groups is 1. The standard InChI is InChI=1S/C14H17Cl2NO2/c1-10(2)17(5-6-18)14(19)4-3-11-7-12(15)9-13(16)8-11/h3-4,7-10,18H,5-6H2,1-2H3/b4-3+. The molecule has 0 aliphatic rings. The summed E-state index contributed by atoms with van der Waals surface area (Å²) in [5, 5.41) is 9.99. The number of hydrogen-bond donors (Lipinski definition) is 1. The molecular weight excluding hydrogens is 285 g/mol. The van der Waals surface area contributed by atoms with E-state index in [0.717, 1.165) is 5.56 Å². The van der Waals surface area contributed by atoms with Gasteiger partial charge in [-0.05, 0) is 43.7 Å². The second-order valence-electron chi connectivity index (χ2n) is 4.39. The molecule has 1 amide bonds. The molecule has 104 valence electrons. The van der Waals surface area contributed by atoms with Gasteiger partial charge in [0, 0.05) is 28.7 Å². The first-order valence-electron chi connectivity index (χ1n) is 5.99. The van der Waals surface area contributed by atoms with Crippen molar-refractivity contribution in [3.8, 4) is 0 Å². The van der Waals surface area contributed by atoms with E-state index in [4.69, 9.17) is 28.3 Å². The van der Waals surface area contributed by atoms with Crippen LogP contribution in [0, 0.1) is 0 Å². The van der Waals surface area contributed by atoms with Gasteiger partial charge < -0.3 is 10.0 Å². The van der Waals surface area contributed by atoms with Crippen LogP contribution in [0.25, 0.3) is 6.08 Å². The van der Waals surface area contributed by atoms with E-state index in [1.54, 1.807) is 29.2 Å². The minimum atomic E-state index is -0.153. The maximum Gasteiger partial charge on any atom is 0.246 e. The minimum absolute atomic E-state index is 0.0345. The van der Waals surface area contributed by atoms with Gasteiger partial charge in [-0.25, -0.2) is 0 Å². The Hall–Kier alpha value is -1.03. The zero-order chi connectivity index (χ0) is 14.4. The predicted molar refractivity (Wildman–Crippen MR) is 79.4 cm³/mol. The van der Waals surface area contributed by atoms with Gasteiger partial charge in [0.15, 0.2) is 0 Å². The Morgan fingerprint density at radius 1 is 1.32 bits per heavy atom. The quantitative estimate of drug-likeness (QED) is 0.848. The van der Waals surface area contributed by atoms with Gasteiger partial charge in [0.2, 0.25) is 5.91 Å². The van der Waals surface area contributed by atoms with Gasteiger partial charge in [-0.2, -0.15) is 0 Å². The van der Waals surface area contributed by atoms with Crippen molar-refractivity contribution in [1.29, 1.82) is 0 Å². The molecule has 3 nitrogen and oxygen atoms in total. The molecule has 0 bridgehead atoms. The highest BCUT2D eigenvalue weighted by atomic mass is 35.5. The first kappa shape index (κ1) is 16.0. The summed E-state index contributed by atoms with van der Waals surface area (Å²) in [5.41, 5.74) is 0.763. The summed E-state index contributed by atoms with van der Waals surface area (Å²) in [4.78, 5) is 13.6. The lowest BCUT2D eigenvalue weighted by atomic mass is 10.2. The number of aliphatic hydroxyl groups excluding tert-OH is 1. The Morgan fingerprint density at radius 2 is 1.89 bits per heavy atom. The van der Waals surface area contributed by atoms with Gasteiger partial charge in [-0.15, -0.1) is 0 Å². The van der Waals surface area contributed by atoms with Crippen molar-refractivity contribution in [1.82, 2.24) is 4.90 Å². The fourth-order valence-corrected chi connectivity index (χ4v) is 2.21. The number of benzene rings is 1. The maximum absolute atomic E-state index is 12.0. The van der Waals surface area contributed by atoms with Crippen molar-refractivity contribution in [2.45, 2.75) is 19.9 Å². The third-order valence-corrected chi connectivity index (χ3v) is 2.99. The molecule has 0 unspecified atom stereocenters. The highest BCUT2D eigenvalue weighted by Crippen LogP contribution is 2.20. The van der Waals surface area contributed by atoms with Crippen LogP contribution in [0.1, 0.15) is 19.4 Å². The Balaban J connectivity index is 2.81. The predicted octanol–water partition coefficient (Wildman–Crippen LogP) is 3.24. The van der Waals surface area contributed by atoms with Crippen LogP contribution in [-0.4, -0.2) is 35.1 Å². The van der Waals surface area contributed by atoms with E-state index >= 15 is 0 Å². The average Bonchev–Trinajstić information content (AvgIpc) is 2.31. The monoisotopic (exact) mass is 301 g/mol. The van der Waals surface area contributed by atoms with Crippen LogP contribution in [-0.2, 0) is 4.79 Å². The first-order chi connectivity index (χ1) is 8.93. The SMILES string of the molecule is CC(C)N(CCO)C(=O)/C=C/c1cc(Cl)cc(Cl)c1. The fraction of sp³-hybridized carbons (Fsp3) is 0.357. The van der Waals surface area contributed by atoms with E-state index in [1.165, 1.54) is 6.08 Å². The minimum Gasteiger partial charge on any atom is -0.395 e. The molecule has 5 heteroatoms. The highest BCUT2D eigenvalue weighted by Gasteiger charge is 2.13. The molecule has 0 heterocycles. The number of nitrogens with zero attached hydrogens (tertiary/aromatic N) is 1. The van der Waals surface area contributed by atoms with Crippen molar-refractivity contribution in [2.24, 2.45) is 0 Å². The Morgan fingerprint density at radius 3 is 2.37 bits per heavy atom. The van der Waals surface area contributed by atoms with E-state index in [-0.39, 0.29) is 18.6 Å². The van der Waals surface area contributed by atoms with E-state index in [9.17, 15) is 4.79 Å². The van der Waals surface area contributed by atoms with Crippen LogP contribution in [0.3, 0.4) is 0 Å². The third-order valence-electron chi connectivity index (χ3n) is 2.55. The summed E-state index contributed by atoms with van der Waals surface area (Å²) < 4.78 is 0. The van der Waals surface area contributed by atoms with Gasteiger partial charge in [0.1, 0.15) is 0 Å². The topological polar surface area (TPSA) is 40.5 Å². The molecule has 0 spiro atoms. The highest BCUT2D eigenvalue weighted by molar-refractivity contribution is 6.34. The van der Waals surface area contributed by atoms with Crippen molar-refractivity contribution in [2.75, 3.05) is 13.2 Å². The molecule has 0 saturated heterocycles. The summed E-state index contributed by atoms with van der Waals surface area (Å²) >= 11 is 11.8. The molecule has 0 radical (unpaired) electrons. The van der Waals surface area contributed by atoms with Crippen LogP contribution in [0.15, 0.2) is 24.3 Å². The van der Waals surface area contributed by atoms with E-state index in [1.807, 2.05) is 13.8 Å². The number of halogens is 2. The normalized spacial score (nSPS) is 11.3. The molecule has 19 heavy (non-hydrogen) atoms. The first-order valence-corrected chi connectivity index (χ1v) is 6.75. The lowest BCUT2D eigenvalue weighted by Gasteiger charge is -2.24. The number of amides is 1. The summed E-state index contributed by atoms with van der Waals surface area (Å²) in [6, 6.07) is 5.12. The van der Waals surface area contributed by atoms with Crippen LogP contribution in [0.2, 0.25) is 10.0 Å². The Labute approximate surface area is 123 Å². The van der Waals surface area contributed by atoms with Gasteiger partial charge >= 0.3 is 0 Å². The molecule has 1 N–H and O–H groups in total. The van der Waals surface area contributed by atoms with Gasteiger partial charge in [0.25, 0.3) is 0 Å². The maximum atomic E-state index is 12.0. The van der Waals surface area contributed by atoms with Crippen LogP contribution in [0.5, 0.6) is 0 Å². The molecule has 0 fully saturated rings. The average molecular weight is 302 g/mol. The van der Waals surface area contributed by atoms with Crippen LogP contribution >= 0.6 is 23.2 Å². The van der Waals surface area contributed by atoms with Crippen molar-refractivity contribution >= 4 is 35.2 Å². The van der Waals surface area contributed by atoms with Gasteiger partial charge in [-0.3, -0.25) is 4.79 Å². The molecule has 0 aromatic heterocycles. The lowest BCUT2D eigenvalue weighted by molar-refractivity contribution is -0.128. The van der Waals surface area contributed by atoms with E-state index in [2.05, 4.69) is 0 Å².